The zero-order valence-corrected chi connectivity index (χ0v) is 23.8. The fourth-order valence-electron chi connectivity index (χ4n) is 4.82. The lowest BCUT2D eigenvalue weighted by molar-refractivity contribution is -0.129. The lowest BCUT2D eigenvalue weighted by Gasteiger charge is -2.27. The van der Waals surface area contributed by atoms with Crippen LogP contribution in [-0.4, -0.2) is 50.7 Å². The molecule has 0 unspecified atom stereocenters. The van der Waals surface area contributed by atoms with E-state index in [0.29, 0.717) is 12.1 Å². The molecule has 3 amide bonds. The molecule has 208 valence electrons. The van der Waals surface area contributed by atoms with Gasteiger partial charge < -0.3 is 15.1 Å². The molecule has 0 saturated heterocycles. The zero-order valence-electron chi connectivity index (χ0n) is 23.0. The number of rotatable bonds is 7. The number of fused-ring (bicyclic) bond motifs is 2. The van der Waals surface area contributed by atoms with E-state index in [2.05, 4.69) is 11.4 Å². The largest absolute Gasteiger partial charge is 0.342 e. The minimum absolute atomic E-state index is 0.134. The van der Waals surface area contributed by atoms with Crippen molar-refractivity contribution in [3.63, 3.8) is 0 Å². The van der Waals surface area contributed by atoms with Crippen molar-refractivity contribution in [1.29, 1.82) is 5.26 Å². The number of hydrogen-bond donors (Lipinski definition) is 1. The summed E-state index contributed by atoms with van der Waals surface area (Å²) in [5.41, 5.74) is 2.67. The molecule has 2 atom stereocenters. The van der Waals surface area contributed by atoms with E-state index < -0.39 is 33.4 Å². The van der Waals surface area contributed by atoms with Crippen LogP contribution >= 0.6 is 0 Å². The second-order valence-electron chi connectivity index (χ2n) is 10.3. The molecule has 40 heavy (non-hydrogen) atoms. The Bertz CT molecular complexity index is 1640. The molecule has 3 aromatic rings. The number of sulfone groups is 1. The highest BCUT2D eigenvalue weighted by atomic mass is 32.2. The van der Waals surface area contributed by atoms with E-state index in [1.165, 1.54) is 15.9 Å². The Morgan fingerprint density at radius 2 is 1.85 bits per heavy atom. The monoisotopic (exact) mass is 560 g/mol. The number of amides is 3. The molecule has 0 saturated carbocycles. The third-order valence-electron chi connectivity index (χ3n) is 7.27. The van der Waals surface area contributed by atoms with Crippen molar-refractivity contribution >= 4 is 49.7 Å². The molecule has 0 aliphatic carbocycles. The van der Waals surface area contributed by atoms with Gasteiger partial charge in [-0.1, -0.05) is 50.2 Å². The number of nitrogens with zero attached hydrogens (tertiary/aromatic N) is 3. The maximum Gasteiger partial charge on any atom is 0.251 e. The summed E-state index contributed by atoms with van der Waals surface area (Å²) in [6.45, 7) is 5.41. The molecule has 1 heterocycles. The fourth-order valence-corrected chi connectivity index (χ4v) is 5.43. The SMILES string of the molecule is CC[C@@H](C)C(=O)N[C@H]1CN(C(=O)CS(C)(=O)=O)c2cc(C#N)ccc2N(Cc2c(C)ccc3ccccc23)C1=O. The van der Waals surface area contributed by atoms with Crippen molar-refractivity contribution < 1.29 is 22.8 Å². The van der Waals surface area contributed by atoms with Gasteiger partial charge in [-0.15, -0.1) is 0 Å². The van der Waals surface area contributed by atoms with Gasteiger partial charge in [-0.3, -0.25) is 14.4 Å². The summed E-state index contributed by atoms with van der Waals surface area (Å²) in [6, 6.07) is 17.3. The summed E-state index contributed by atoms with van der Waals surface area (Å²) in [5.74, 6) is -2.70. The molecule has 0 aromatic heterocycles. The lowest BCUT2D eigenvalue weighted by atomic mass is 9.98. The van der Waals surface area contributed by atoms with Crippen LogP contribution in [-0.2, 0) is 30.8 Å². The van der Waals surface area contributed by atoms with Crippen molar-refractivity contribution in [2.24, 2.45) is 5.92 Å². The van der Waals surface area contributed by atoms with E-state index in [1.54, 1.807) is 19.1 Å². The van der Waals surface area contributed by atoms with Gasteiger partial charge in [0.15, 0.2) is 9.84 Å². The predicted octanol–water partition coefficient (Wildman–Crippen LogP) is 3.48. The van der Waals surface area contributed by atoms with E-state index >= 15 is 0 Å². The number of nitriles is 1. The molecule has 1 aliphatic heterocycles. The van der Waals surface area contributed by atoms with Crippen LogP contribution in [0.1, 0.15) is 37.0 Å². The maximum atomic E-state index is 14.2. The van der Waals surface area contributed by atoms with Crippen LogP contribution in [0.2, 0.25) is 0 Å². The Morgan fingerprint density at radius 3 is 2.52 bits per heavy atom. The van der Waals surface area contributed by atoms with E-state index in [0.717, 1.165) is 28.2 Å². The number of carbonyl (C=O) groups excluding carboxylic acids is 3. The molecule has 9 nitrogen and oxygen atoms in total. The minimum Gasteiger partial charge on any atom is -0.342 e. The number of benzene rings is 3. The fraction of sp³-hybridized carbons (Fsp3) is 0.333. The van der Waals surface area contributed by atoms with E-state index in [1.807, 2.05) is 50.2 Å². The van der Waals surface area contributed by atoms with Crippen LogP contribution in [0.4, 0.5) is 11.4 Å². The first-order valence-electron chi connectivity index (χ1n) is 13.0. The minimum atomic E-state index is -3.71. The normalized spacial score (nSPS) is 16.2. The average molecular weight is 561 g/mol. The van der Waals surface area contributed by atoms with Crippen LogP contribution in [0, 0.1) is 24.2 Å². The van der Waals surface area contributed by atoms with Gasteiger partial charge >= 0.3 is 0 Å². The van der Waals surface area contributed by atoms with E-state index in [9.17, 15) is 28.1 Å². The molecule has 4 rings (SSSR count). The molecular formula is C30H32N4O5S. The van der Waals surface area contributed by atoms with Crippen LogP contribution in [0.15, 0.2) is 54.6 Å². The number of nitrogens with one attached hydrogen (secondary N) is 1. The maximum absolute atomic E-state index is 14.2. The Morgan fingerprint density at radius 1 is 1.12 bits per heavy atom. The quantitative estimate of drug-likeness (QED) is 0.471. The van der Waals surface area contributed by atoms with Crippen molar-refractivity contribution in [3.05, 3.63) is 71.3 Å². The first-order chi connectivity index (χ1) is 18.9. The lowest BCUT2D eigenvalue weighted by Crippen LogP contribution is -2.54. The molecule has 10 heteroatoms. The van der Waals surface area contributed by atoms with Gasteiger partial charge in [0.25, 0.3) is 5.91 Å². The highest BCUT2D eigenvalue weighted by Crippen LogP contribution is 2.36. The standard InChI is InChI=1S/C30H32N4O5S/c1-5-19(2)29(36)32-25-17-33(28(35)18-40(4,38)39)27-14-21(15-31)11-13-26(27)34(30(25)37)16-24-20(3)10-12-22-8-6-7-9-23(22)24/h6-14,19,25H,5,16-18H2,1-4H3,(H,32,36)/t19-,25+/m1/s1. The van der Waals surface area contributed by atoms with Crippen molar-refractivity contribution in [2.75, 3.05) is 28.4 Å². The summed E-state index contributed by atoms with van der Waals surface area (Å²) in [4.78, 5) is 43.2. The average Bonchev–Trinajstić information content (AvgIpc) is 3.03. The van der Waals surface area contributed by atoms with Gasteiger partial charge in [0, 0.05) is 12.2 Å². The van der Waals surface area contributed by atoms with Crippen molar-refractivity contribution in [3.8, 4) is 6.07 Å². The molecule has 1 aliphatic rings. The molecule has 0 radical (unpaired) electrons. The van der Waals surface area contributed by atoms with E-state index in [4.69, 9.17) is 0 Å². The van der Waals surface area contributed by atoms with E-state index in [-0.39, 0.29) is 36.2 Å². The van der Waals surface area contributed by atoms with Gasteiger partial charge in [-0.2, -0.15) is 5.26 Å². The third-order valence-corrected chi connectivity index (χ3v) is 8.04. The summed E-state index contributed by atoms with van der Waals surface area (Å²) in [7, 11) is -3.71. The number of hydrogen-bond acceptors (Lipinski definition) is 6. The second-order valence-corrected chi connectivity index (χ2v) is 12.4. The van der Waals surface area contributed by atoms with Crippen LogP contribution < -0.4 is 15.1 Å². The van der Waals surface area contributed by atoms with Crippen LogP contribution in [0.3, 0.4) is 0 Å². The second kappa shape index (κ2) is 11.5. The Balaban J connectivity index is 1.91. The first kappa shape index (κ1) is 28.8. The molecule has 0 bridgehead atoms. The molecule has 0 fully saturated rings. The van der Waals surface area contributed by atoms with Crippen LogP contribution in [0.5, 0.6) is 0 Å². The topological polar surface area (TPSA) is 128 Å². The van der Waals surface area contributed by atoms with Crippen LogP contribution in [0.25, 0.3) is 10.8 Å². The smallest absolute Gasteiger partial charge is 0.251 e. The van der Waals surface area contributed by atoms with Gasteiger partial charge in [-0.25, -0.2) is 8.42 Å². The summed E-state index contributed by atoms with van der Waals surface area (Å²) in [5, 5.41) is 14.4. The van der Waals surface area contributed by atoms with Gasteiger partial charge in [0.05, 0.1) is 36.1 Å². The molecule has 1 N–H and O–H groups in total. The van der Waals surface area contributed by atoms with Gasteiger partial charge in [-0.05, 0) is 53.4 Å². The molecular weight excluding hydrogens is 528 g/mol. The van der Waals surface area contributed by atoms with Gasteiger partial charge in [0.1, 0.15) is 11.8 Å². The Hall–Kier alpha value is -4.23. The molecule has 3 aromatic carbocycles. The van der Waals surface area contributed by atoms with Gasteiger partial charge in [0.2, 0.25) is 11.8 Å². The zero-order chi connectivity index (χ0) is 29.2. The number of aryl methyl sites for hydroxylation is 1. The van der Waals surface area contributed by atoms with Crippen molar-refractivity contribution in [1.82, 2.24) is 5.32 Å². The highest BCUT2D eigenvalue weighted by molar-refractivity contribution is 7.91. The first-order valence-corrected chi connectivity index (χ1v) is 15.1. The number of carbonyl (C=O) groups is 3. The Labute approximate surface area is 234 Å². The molecule has 0 spiro atoms. The predicted molar refractivity (Wildman–Crippen MR) is 154 cm³/mol. The highest BCUT2D eigenvalue weighted by Gasteiger charge is 2.38. The third kappa shape index (κ3) is 6.00. The summed E-state index contributed by atoms with van der Waals surface area (Å²) in [6.07, 6.45) is 1.51. The number of anilines is 2. The summed E-state index contributed by atoms with van der Waals surface area (Å²) < 4.78 is 24.2. The van der Waals surface area contributed by atoms with Crippen molar-refractivity contribution in [2.45, 2.75) is 39.8 Å². The Kier molecular flexibility index (Phi) is 8.26. The summed E-state index contributed by atoms with van der Waals surface area (Å²) >= 11 is 0.